The zero-order valence-corrected chi connectivity index (χ0v) is 16.1. The Bertz CT molecular complexity index is 665. The number of ether oxygens (including phenoxy) is 1. The van der Waals surface area contributed by atoms with Crippen LogP contribution in [0.4, 0.5) is 4.79 Å². The van der Waals surface area contributed by atoms with Gasteiger partial charge in [-0.2, -0.15) is 0 Å². The van der Waals surface area contributed by atoms with Crippen molar-refractivity contribution in [3.63, 3.8) is 0 Å². The van der Waals surface area contributed by atoms with E-state index in [0.717, 1.165) is 6.42 Å². The first-order valence-electron chi connectivity index (χ1n) is 9.32. The Hall–Kier alpha value is -2.34. The van der Waals surface area contributed by atoms with E-state index in [-0.39, 0.29) is 24.6 Å². The Morgan fingerprint density at radius 3 is 2.50 bits per heavy atom. The number of amides is 2. The Labute approximate surface area is 155 Å². The molecule has 6 heteroatoms. The summed E-state index contributed by atoms with van der Waals surface area (Å²) in [6.07, 6.45) is 1.02. The van der Waals surface area contributed by atoms with E-state index in [4.69, 9.17) is 4.74 Å². The van der Waals surface area contributed by atoms with Crippen LogP contribution in [0.25, 0.3) is 0 Å². The fraction of sp³-hybridized carbons (Fsp3) is 0.500. The molecule has 1 aromatic rings. The molecular weight excluding hydrogens is 330 g/mol. The third kappa shape index (κ3) is 5.08. The molecule has 1 atom stereocenters. The second kappa shape index (κ2) is 9.38. The Morgan fingerprint density at radius 2 is 1.92 bits per heavy atom. The van der Waals surface area contributed by atoms with Gasteiger partial charge < -0.3 is 20.7 Å². The molecule has 1 aliphatic rings. The molecule has 0 aromatic heterocycles. The first-order valence-corrected chi connectivity index (χ1v) is 9.32. The van der Waals surface area contributed by atoms with Gasteiger partial charge in [0.05, 0.1) is 24.4 Å². The van der Waals surface area contributed by atoms with Gasteiger partial charge in [-0.25, -0.2) is 9.59 Å². The molecular formula is C20H30N3O3+. The third-order valence-electron chi connectivity index (χ3n) is 4.64. The molecule has 0 bridgehead atoms. The summed E-state index contributed by atoms with van der Waals surface area (Å²) in [5.74, 6) is 0.0309. The van der Waals surface area contributed by atoms with Crippen LogP contribution in [0.2, 0.25) is 0 Å². The zero-order chi connectivity index (χ0) is 19.1. The number of aryl methyl sites for hydroxylation is 1. The molecule has 0 saturated heterocycles. The SMILES string of the molecule is CCOC(=O)C1=C(C[NH2+][C@H](c2ccc(CC)cc2)C(C)C)NC(=O)NC1. The maximum atomic E-state index is 12.1. The lowest BCUT2D eigenvalue weighted by molar-refractivity contribution is -0.696. The number of hydrogen-bond acceptors (Lipinski definition) is 3. The Morgan fingerprint density at radius 1 is 1.23 bits per heavy atom. The second-order valence-corrected chi connectivity index (χ2v) is 6.79. The van der Waals surface area contributed by atoms with Crippen molar-refractivity contribution in [1.29, 1.82) is 0 Å². The normalized spacial score (nSPS) is 15.5. The lowest BCUT2D eigenvalue weighted by Gasteiger charge is -2.24. The van der Waals surface area contributed by atoms with Crippen LogP contribution in [-0.4, -0.2) is 31.7 Å². The Balaban J connectivity index is 2.16. The number of carbonyl (C=O) groups excluding carboxylic acids is 2. The van der Waals surface area contributed by atoms with E-state index in [1.807, 2.05) is 0 Å². The van der Waals surface area contributed by atoms with Crippen molar-refractivity contribution in [3.8, 4) is 0 Å². The number of urea groups is 1. The Kier molecular flexibility index (Phi) is 7.21. The molecule has 1 heterocycles. The minimum Gasteiger partial charge on any atom is -0.463 e. The average molecular weight is 360 g/mol. The maximum absolute atomic E-state index is 12.1. The van der Waals surface area contributed by atoms with E-state index in [1.54, 1.807) is 6.92 Å². The van der Waals surface area contributed by atoms with Crippen molar-refractivity contribution in [1.82, 2.24) is 10.6 Å². The molecule has 6 nitrogen and oxygen atoms in total. The lowest BCUT2D eigenvalue weighted by Crippen LogP contribution is -2.87. The topological polar surface area (TPSA) is 84.0 Å². The van der Waals surface area contributed by atoms with E-state index < -0.39 is 0 Å². The summed E-state index contributed by atoms with van der Waals surface area (Å²) in [4.78, 5) is 23.8. The number of hydrogen-bond donors (Lipinski definition) is 3. The molecule has 4 N–H and O–H groups in total. The van der Waals surface area contributed by atoms with Gasteiger partial charge in [-0.15, -0.1) is 0 Å². The number of nitrogens with one attached hydrogen (secondary N) is 2. The average Bonchev–Trinajstić information content (AvgIpc) is 2.62. The molecule has 0 spiro atoms. The van der Waals surface area contributed by atoms with Gasteiger partial charge in [-0.05, 0) is 18.9 Å². The highest BCUT2D eigenvalue weighted by atomic mass is 16.5. The van der Waals surface area contributed by atoms with Gasteiger partial charge in [0, 0.05) is 11.5 Å². The summed E-state index contributed by atoms with van der Waals surface area (Å²) in [5.41, 5.74) is 3.68. The quantitative estimate of drug-likeness (QED) is 0.616. The maximum Gasteiger partial charge on any atom is 0.337 e. The molecule has 1 aromatic carbocycles. The van der Waals surface area contributed by atoms with Crippen LogP contribution in [0.1, 0.15) is 44.9 Å². The number of rotatable bonds is 8. The molecule has 2 amide bonds. The fourth-order valence-electron chi connectivity index (χ4n) is 3.13. The number of esters is 1. The van der Waals surface area contributed by atoms with E-state index in [9.17, 15) is 9.59 Å². The molecule has 0 saturated carbocycles. The summed E-state index contributed by atoms with van der Waals surface area (Å²) in [5, 5.41) is 7.57. The molecule has 26 heavy (non-hydrogen) atoms. The number of benzene rings is 1. The largest absolute Gasteiger partial charge is 0.463 e. The van der Waals surface area contributed by atoms with Gasteiger partial charge in [0.15, 0.2) is 0 Å². The summed E-state index contributed by atoms with van der Waals surface area (Å²) in [6.45, 7) is 9.29. The van der Waals surface area contributed by atoms with Crippen LogP contribution in [0.3, 0.4) is 0 Å². The van der Waals surface area contributed by atoms with E-state index in [0.29, 0.717) is 30.3 Å². The number of quaternary nitrogens is 1. The van der Waals surface area contributed by atoms with Gasteiger partial charge in [0.1, 0.15) is 12.6 Å². The van der Waals surface area contributed by atoms with Crippen LogP contribution in [0, 0.1) is 5.92 Å². The predicted octanol–water partition coefficient (Wildman–Crippen LogP) is 1.64. The van der Waals surface area contributed by atoms with Crippen LogP contribution in [0.5, 0.6) is 0 Å². The standard InChI is InChI=1S/C20H29N3O3/c1-5-14-7-9-15(10-8-14)18(13(3)4)21-12-17-16(19(24)26-6-2)11-22-20(25)23-17/h7-10,13,18,21H,5-6,11-12H2,1-4H3,(H2,22,23,25)/p+1/t18-/m0/s1. The minimum absolute atomic E-state index is 0.200. The highest BCUT2D eigenvalue weighted by Gasteiger charge is 2.26. The first kappa shape index (κ1) is 20.0. The van der Waals surface area contributed by atoms with Crippen LogP contribution >= 0.6 is 0 Å². The van der Waals surface area contributed by atoms with Gasteiger partial charge in [0.25, 0.3) is 0 Å². The van der Waals surface area contributed by atoms with Gasteiger partial charge in [0.2, 0.25) is 0 Å². The summed E-state index contributed by atoms with van der Waals surface area (Å²) < 4.78 is 5.11. The number of nitrogens with two attached hydrogens (primary N) is 1. The van der Waals surface area contributed by atoms with Crippen molar-refractivity contribution in [2.75, 3.05) is 19.7 Å². The predicted molar refractivity (Wildman–Crippen MR) is 100 cm³/mol. The molecule has 0 aliphatic carbocycles. The van der Waals surface area contributed by atoms with Gasteiger partial charge >= 0.3 is 12.0 Å². The van der Waals surface area contributed by atoms with Crippen molar-refractivity contribution >= 4 is 12.0 Å². The summed E-state index contributed by atoms with van der Waals surface area (Å²) in [6, 6.07) is 8.62. The lowest BCUT2D eigenvalue weighted by atomic mass is 9.94. The van der Waals surface area contributed by atoms with Gasteiger partial charge in [-0.3, -0.25) is 0 Å². The second-order valence-electron chi connectivity index (χ2n) is 6.79. The molecule has 0 radical (unpaired) electrons. The molecule has 0 fully saturated rings. The first-order chi connectivity index (χ1) is 12.5. The van der Waals surface area contributed by atoms with E-state index >= 15 is 0 Å². The van der Waals surface area contributed by atoms with Crippen LogP contribution < -0.4 is 16.0 Å². The van der Waals surface area contributed by atoms with E-state index in [1.165, 1.54) is 11.1 Å². The van der Waals surface area contributed by atoms with Crippen LogP contribution in [0.15, 0.2) is 35.5 Å². The fourth-order valence-corrected chi connectivity index (χ4v) is 3.13. The molecule has 0 unspecified atom stereocenters. The van der Waals surface area contributed by atoms with Crippen molar-refractivity contribution in [3.05, 3.63) is 46.7 Å². The van der Waals surface area contributed by atoms with Gasteiger partial charge in [-0.1, -0.05) is 45.0 Å². The highest BCUT2D eigenvalue weighted by Crippen LogP contribution is 2.19. The van der Waals surface area contributed by atoms with Crippen LogP contribution in [-0.2, 0) is 16.0 Å². The summed E-state index contributed by atoms with van der Waals surface area (Å²) >= 11 is 0. The third-order valence-corrected chi connectivity index (χ3v) is 4.64. The smallest absolute Gasteiger partial charge is 0.337 e. The zero-order valence-electron chi connectivity index (χ0n) is 16.1. The van der Waals surface area contributed by atoms with Crippen molar-refractivity contribution < 1.29 is 19.6 Å². The van der Waals surface area contributed by atoms with Crippen molar-refractivity contribution in [2.45, 2.75) is 40.2 Å². The monoisotopic (exact) mass is 360 g/mol. The molecule has 1 aliphatic heterocycles. The van der Waals surface area contributed by atoms with Crippen molar-refractivity contribution in [2.24, 2.45) is 5.92 Å². The number of carbonyl (C=O) groups is 2. The molecule has 2 rings (SSSR count). The molecule has 142 valence electrons. The highest BCUT2D eigenvalue weighted by molar-refractivity contribution is 5.93. The summed E-state index contributed by atoms with van der Waals surface area (Å²) in [7, 11) is 0. The minimum atomic E-state index is -0.378. The van der Waals surface area contributed by atoms with E-state index in [2.05, 4.69) is 61.0 Å².